The van der Waals surface area contributed by atoms with Crippen molar-refractivity contribution in [3.63, 3.8) is 0 Å². The minimum Gasteiger partial charge on any atom is -0.293 e. The van der Waals surface area contributed by atoms with Crippen molar-refractivity contribution < 1.29 is 4.79 Å². The van der Waals surface area contributed by atoms with Crippen LogP contribution < -0.4 is 0 Å². The third-order valence-corrected chi connectivity index (χ3v) is 3.17. The molecule has 76 valence electrons. The number of carbonyl (C=O) groups is 1. The molecule has 1 aromatic carbocycles. The van der Waals surface area contributed by atoms with Gasteiger partial charge in [-0.1, -0.05) is 28.9 Å². The Bertz CT molecular complexity index is 347. The first-order valence-corrected chi connectivity index (χ1v) is 6.52. The lowest BCUT2D eigenvalue weighted by Gasteiger charge is -2.08. The van der Waals surface area contributed by atoms with Crippen LogP contribution in [0.25, 0.3) is 0 Å². The number of benzene rings is 1. The summed E-state index contributed by atoms with van der Waals surface area (Å²) in [5.41, 5.74) is 1.98. The molecule has 0 aromatic heterocycles. The zero-order valence-corrected chi connectivity index (χ0v) is 11.9. The number of ketones is 1. The standard InChI is InChI=1S/C11H12BrIO/c1-3-8-4-5-9(13)6-10(8)11(14)7(2)12/h4-7H,3H2,1-2H3. The van der Waals surface area contributed by atoms with E-state index in [1.54, 1.807) is 0 Å². The number of aryl methyl sites for hydroxylation is 1. The fourth-order valence-electron chi connectivity index (χ4n) is 1.30. The molecule has 0 fully saturated rings. The SMILES string of the molecule is CCc1ccc(I)cc1C(=O)C(C)Br. The monoisotopic (exact) mass is 366 g/mol. The molecule has 0 spiro atoms. The first-order chi connectivity index (χ1) is 6.56. The van der Waals surface area contributed by atoms with E-state index in [0.29, 0.717) is 0 Å². The van der Waals surface area contributed by atoms with Crippen LogP contribution in [-0.4, -0.2) is 10.6 Å². The van der Waals surface area contributed by atoms with Crippen molar-refractivity contribution in [2.24, 2.45) is 0 Å². The van der Waals surface area contributed by atoms with Crippen LogP contribution in [0.3, 0.4) is 0 Å². The molecule has 0 aliphatic rings. The van der Waals surface area contributed by atoms with Gasteiger partial charge in [0.2, 0.25) is 0 Å². The van der Waals surface area contributed by atoms with E-state index in [9.17, 15) is 4.79 Å². The van der Waals surface area contributed by atoms with Gasteiger partial charge in [-0.15, -0.1) is 0 Å². The van der Waals surface area contributed by atoms with E-state index in [4.69, 9.17) is 0 Å². The van der Waals surface area contributed by atoms with E-state index in [1.165, 1.54) is 0 Å². The molecule has 3 heteroatoms. The molecule has 14 heavy (non-hydrogen) atoms. The van der Waals surface area contributed by atoms with Crippen molar-refractivity contribution in [3.05, 3.63) is 32.9 Å². The molecule has 0 aliphatic carbocycles. The van der Waals surface area contributed by atoms with Gasteiger partial charge in [0, 0.05) is 9.13 Å². The average molecular weight is 367 g/mol. The van der Waals surface area contributed by atoms with Crippen LogP contribution in [0.4, 0.5) is 0 Å². The molecule has 1 rings (SSSR count). The number of hydrogen-bond donors (Lipinski definition) is 0. The zero-order chi connectivity index (χ0) is 10.7. The lowest BCUT2D eigenvalue weighted by atomic mass is 10.0. The summed E-state index contributed by atoms with van der Waals surface area (Å²) in [6.07, 6.45) is 0.901. The first-order valence-electron chi connectivity index (χ1n) is 4.53. The van der Waals surface area contributed by atoms with Crippen molar-refractivity contribution in [1.82, 2.24) is 0 Å². The third-order valence-electron chi connectivity index (χ3n) is 2.08. The van der Waals surface area contributed by atoms with Crippen molar-refractivity contribution >= 4 is 44.3 Å². The van der Waals surface area contributed by atoms with E-state index in [1.807, 2.05) is 25.1 Å². The lowest BCUT2D eigenvalue weighted by molar-refractivity contribution is 0.0995. The normalized spacial score (nSPS) is 12.6. The molecule has 0 radical (unpaired) electrons. The number of Topliss-reactive ketones (excluding diaryl/α,β-unsaturated/α-hetero) is 1. The second-order valence-corrected chi connectivity index (χ2v) is 5.75. The van der Waals surface area contributed by atoms with Crippen molar-refractivity contribution in [2.75, 3.05) is 0 Å². The minimum atomic E-state index is -0.106. The van der Waals surface area contributed by atoms with Gasteiger partial charge in [0.25, 0.3) is 0 Å². The second kappa shape index (κ2) is 5.26. The molecule has 0 saturated heterocycles. The highest BCUT2D eigenvalue weighted by Crippen LogP contribution is 2.18. The van der Waals surface area contributed by atoms with Gasteiger partial charge in [0.1, 0.15) is 0 Å². The Morgan fingerprint density at radius 3 is 2.71 bits per heavy atom. The summed E-state index contributed by atoms with van der Waals surface area (Å²) in [5.74, 6) is 0.167. The van der Waals surface area contributed by atoms with Crippen LogP contribution in [0.1, 0.15) is 29.8 Å². The molecule has 0 aliphatic heterocycles. The zero-order valence-electron chi connectivity index (χ0n) is 8.18. The molecular formula is C11H12BrIO. The Labute approximate surface area is 107 Å². The fraction of sp³-hybridized carbons (Fsp3) is 0.364. The molecule has 1 atom stereocenters. The maximum Gasteiger partial charge on any atom is 0.176 e. The third kappa shape index (κ3) is 2.79. The number of rotatable bonds is 3. The quantitative estimate of drug-likeness (QED) is 0.451. The summed E-state index contributed by atoms with van der Waals surface area (Å²) >= 11 is 5.54. The number of carbonyl (C=O) groups excluding carboxylic acids is 1. The smallest absolute Gasteiger partial charge is 0.176 e. The maximum atomic E-state index is 11.8. The molecule has 0 saturated carbocycles. The summed E-state index contributed by atoms with van der Waals surface area (Å²) in [6.45, 7) is 3.93. The van der Waals surface area contributed by atoms with Crippen LogP contribution in [0.2, 0.25) is 0 Å². The predicted octanol–water partition coefficient (Wildman–Crippen LogP) is 3.82. The predicted molar refractivity (Wildman–Crippen MR) is 71.3 cm³/mol. The van der Waals surface area contributed by atoms with Crippen LogP contribution in [0, 0.1) is 3.57 Å². The average Bonchev–Trinajstić information content (AvgIpc) is 2.16. The first kappa shape index (κ1) is 12.2. The van der Waals surface area contributed by atoms with Crippen LogP contribution in [-0.2, 0) is 6.42 Å². The summed E-state index contributed by atoms with van der Waals surface area (Å²) in [6, 6.07) is 6.03. The van der Waals surface area contributed by atoms with E-state index < -0.39 is 0 Å². The van der Waals surface area contributed by atoms with Gasteiger partial charge < -0.3 is 0 Å². The molecule has 0 heterocycles. The number of halogens is 2. The largest absolute Gasteiger partial charge is 0.293 e. The Morgan fingerprint density at radius 1 is 1.57 bits per heavy atom. The molecule has 1 unspecified atom stereocenters. The van der Waals surface area contributed by atoms with E-state index in [0.717, 1.165) is 21.1 Å². The van der Waals surface area contributed by atoms with Gasteiger partial charge in [-0.2, -0.15) is 0 Å². The van der Waals surface area contributed by atoms with Gasteiger partial charge >= 0.3 is 0 Å². The van der Waals surface area contributed by atoms with Gasteiger partial charge in [0.05, 0.1) is 4.83 Å². The second-order valence-electron chi connectivity index (χ2n) is 3.14. The molecule has 1 aromatic rings. The van der Waals surface area contributed by atoms with Gasteiger partial charge in [-0.25, -0.2) is 0 Å². The van der Waals surface area contributed by atoms with Crippen molar-refractivity contribution in [2.45, 2.75) is 25.1 Å². The van der Waals surface area contributed by atoms with E-state index >= 15 is 0 Å². The summed E-state index contributed by atoms with van der Waals surface area (Å²) < 4.78 is 1.11. The Balaban J connectivity index is 3.17. The maximum absolute atomic E-state index is 11.8. The summed E-state index contributed by atoms with van der Waals surface area (Å²) in [7, 11) is 0. The Kier molecular flexibility index (Phi) is 4.57. The van der Waals surface area contributed by atoms with E-state index in [-0.39, 0.29) is 10.6 Å². The lowest BCUT2D eigenvalue weighted by Crippen LogP contribution is -2.12. The van der Waals surface area contributed by atoms with Crippen LogP contribution in [0.15, 0.2) is 18.2 Å². The van der Waals surface area contributed by atoms with Gasteiger partial charge in [-0.05, 0) is 53.6 Å². The van der Waals surface area contributed by atoms with Crippen LogP contribution in [0.5, 0.6) is 0 Å². The van der Waals surface area contributed by atoms with Gasteiger partial charge in [-0.3, -0.25) is 4.79 Å². The van der Waals surface area contributed by atoms with E-state index in [2.05, 4.69) is 45.4 Å². The summed E-state index contributed by atoms with van der Waals surface area (Å²) in [4.78, 5) is 11.7. The number of alkyl halides is 1. The highest BCUT2D eigenvalue weighted by atomic mass is 127. The van der Waals surface area contributed by atoms with Gasteiger partial charge in [0.15, 0.2) is 5.78 Å². The summed E-state index contributed by atoms with van der Waals surface area (Å²) in [5, 5.41) is 0. The highest BCUT2D eigenvalue weighted by Gasteiger charge is 2.15. The van der Waals surface area contributed by atoms with Crippen molar-refractivity contribution in [3.8, 4) is 0 Å². The minimum absolute atomic E-state index is 0.106. The fourth-order valence-corrected chi connectivity index (χ4v) is 2.04. The molecule has 0 amide bonds. The highest BCUT2D eigenvalue weighted by molar-refractivity contribution is 14.1. The Morgan fingerprint density at radius 2 is 2.21 bits per heavy atom. The molecule has 0 bridgehead atoms. The van der Waals surface area contributed by atoms with Crippen molar-refractivity contribution in [1.29, 1.82) is 0 Å². The topological polar surface area (TPSA) is 17.1 Å². The number of hydrogen-bond acceptors (Lipinski definition) is 1. The Hall–Kier alpha value is 0.1000. The van der Waals surface area contributed by atoms with Crippen LogP contribution >= 0.6 is 38.5 Å². The molecule has 1 nitrogen and oxygen atoms in total. The molecule has 0 N–H and O–H groups in total. The molecular weight excluding hydrogens is 355 g/mol.